The van der Waals surface area contributed by atoms with Crippen molar-refractivity contribution in [3.8, 4) is 11.4 Å². The number of hydrogen-bond donors (Lipinski definition) is 1. The molecule has 0 fully saturated rings. The Kier molecular flexibility index (Phi) is 3.38. The normalized spacial score (nSPS) is 11.5. The van der Waals surface area contributed by atoms with E-state index in [9.17, 15) is 0 Å². The molecular weight excluding hydrogens is 282 g/mol. The summed E-state index contributed by atoms with van der Waals surface area (Å²) in [6, 6.07) is 12.1. The van der Waals surface area contributed by atoms with Crippen LogP contribution in [0.25, 0.3) is 22.4 Å². The Bertz CT molecular complexity index is 818. The minimum atomic E-state index is 0.293. The van der Waals surface area contributed by atoms with Crippen LogP contribution >= 0.6 is 11.6 Å². The van der Waals surface area contributed by atoms with Gasteiger partial charge >= 0.3 is 0 Å². The van der Waals surface area contributed by atoms with Crippen molar-refractivity contribution in [2.75, 3.05) is 5.73 Å². The minimum Gasteiger partial charge on any atom is -0.399 e. The number of aromatic nitrogens is 2. The second kappa shape index (κ2) is 5.08. The fourth-order valence-corrected chi connectivity index (χ4v) is 2.77. The van der Waals surface area contributed by atoms with Gasteiger partial charge in [0.15, 0.2) is 0 Å². The molecule has 0 spiro atoms. The van der Waals surface area contributed by atoms with Crippen LogP contribution in [-0.4, -0.2) is 9.55 Å². The molecule has 0 atom stereocenters. The Morgan fingerprint density at radius 1 is 1.14 bits per heavy atom. The molecule has 4 heteroatoms. The van der Waals surface area contributed by atoms with E-state index in [2.05, 4.69) is 24.5 Å². The van der Waals surface area contributed by atoms with Crippen molar-refractivity contribution < 1.29 is 0 Å². The third kappa shape index (κ3) is 2.38. The number of fused-ring (bicyclic) bond motifs is 1. The molecule has 0 saturated heterocycles. The topological polar surface area (TPSA) is 43.8 Å². The van der Waals surface area contributed by atoms with Crippen LogP contribution in [0.4, 0.5) is 5.69 Å². The Hall–Kier alpha value is -2.00. The van der Waals surface area contributed by atoms with E-state index < -0.39 is 0 Å². The lowest BCUT2D eigenvalue weighted by molar-refractivity contribution is 0.624. The molecule has 1 aromatic heterocycles. The summed E-state index contributed by atoms with van der Waals surface area (Å²) in [5.41, 5.74) is 10.9. The summed E-state index contributed by atoms with van der Waals surface area (Å²) in [4.78, 5) is 4.78. The zero-order valence-electron chi connectivity index (χ0n) is 12.4. The van der Waals surface area contributed by atoms with Gasteiger partial charge in [-0.15, -0.1) is 0 Å². The summed E-state index contributed by atoms with van der Waals surface area (Å²) in [5.74, 6) is 0.949. The van der Waals surface area contributed by atoms with Crippen LogP contribution in [-0.2, 0) is 0 Å². The number of nitrogens with two attached hydrogens (primary N) is 1. The molecule has 0 aliphatic rings. The van der Waals surface area contributed by atoms with Crippen LogP contribution in [0.15, 0.2) is 36.4 Å². The number of nitrogens with zero attached hydrogens (tertiary/aromatic N) is 2. The monoisotopic (exact) mass is 299 g/mol. The van der Waals surface area contributed by atoms with Gasteiger partial charge in [-0.05, 0) is 62.7 Å². The van der Waals surface area contributed by atoms with E-state index in [-0.39, 0.29) is 0 Å². The fourth-order valence-electron chi connectivity index (χ4n) is 2.61. The van der Waals surface area contributed by atoms with Crippen molar-refractivity contribution in [2.45, 2.75) is 26.8 Å². The highest BCUT2D eigenvalue weighted by molar-refractivity contribution is 6.31. The lowest BCUT2D eigenvalue weighted by Gasteiger charge is -2.14. The average molecular weight is 300 g/mol. The Labute approximate surface area is 129 Å². The molecule has 0 amide bonds. The first-order valence-corrected chi connectivity index (χ1v) is 7.39. The molecular formula is C17H18ClN3. The number of rotatable bonds is 2. The predicted octanol–water partition coefficient (Wildman–Crippen LogP) is 4.83. The summed E-state index contributed by atoms with van der Waals surface area (Å²) < 4.78 is 2.21. The molecule has 108 valence electrons. The van der Waals surface area contributed by atoms with Crippen molar-refractivity contribution in [3.05, 3.63) is 47.0 Å². The zero-order chi connectivity index (χ0) is 15.1. The zero-order valence-corrected chi connectivity index (χ0v) is 13.1. The Balaban J connectivity index is 2.30. The third-order valence-corrected chi connectivity index (χ3v) is 3.93. The number of nitrogen functional groups attached to an aromatic ring is 1. The molecule has 1 heterocycles. The smallest absolute Gasteiger partial charge is 0.141 e. The SMILES string of the molecule is Cc1cc(-c2nc3ccc(Cl)cc3n2C(C)C)ccc1N. The number of anilines is 1. The van der Waals surface area contributed by atoms with Gasteiger partial charge in [0.05, 0.1) is 11.0 Å². The van der Waals surface area contributed by atoms with Crippen LogP contribution < -0.4 is 5.73 Å². The number of halogens is 1. The van der Waals surface area contributed by atoms with Crippen LogP contribution in [0.2, 0.25) is 5.02 Å². The first kappa shape index (κ1) is 14.0. The van der Waals surface area contributed by atoms with Crippen LogP contribution in [0.3, 0.4) is 0 Å². The first-order valence-electron chi connectivity index (χ1n) is 7.01. The van der Waals surface area contributed by atoms with E-state index in [1.807, 2.05) is 37.3 Å². The molecule has 0 radical (unpaired) electrons. The summed E-state index contributed by atoms with van der Waals surface area (Å²) in [5, 5.41) is 0.726. The molecule has 3 nitrogen and oxygen atoms in total. The van der Waals surface area contributed by atoms with Crippen molar-refractivity contribution in [1.29, 1.82) is 0 Å². The van der Waals surface area contributed by atoms with Gasteiger partial charge in [-0.2, -0.15) is 0 Å². The van der Waals surface area contributed by atoms with Crippen LogP contribution in [0, 0.1) is 6.92 Å². The van der Waals surface area contributed by atoms with E-state index in [4.69, 9.17) is 22.3 Å². The maximum absolute atomic E-state index is 6.14. The highest BCUT2D eigenvalue weighted by atomic mass is 35.5. The van der Waals surface area contributed by atoms with Crippen molar-refractivity contribution in [1.82, 2.24) is 9.55 Å². The van der Waals surface area contributed by atoms with E-state index in [0.717, 1.165) is 38.7 Å². The minimum absolute atomic E-state index is 0.293. The highest BCUT2D eigenvalue weighted by Gasteiger charge is 2.15. The molecule has 0 saturated carbocycles. The quantitative estimate of drug-likeness (QED) is 0.689. The molecule has 2 aromatic carbocycles. The van der Waals surface area contributed by atoms with Crippen LogP contribution in [0.1, 0.15) is 25.5 Å². The van der Waals surface area contributed by atoms with Gasteiger partial charge < -0.3 is 10.3 Å². The molecule has 0 bridgehead atoms. The maximum atomic E-state index is 6.14. The lowest BCUT2D eigenvalue weighted by atomic mass is 10.1. The number of aryl methyl sites for hydroxylation is 1. The van der Waals surface area contributed by atoms with Gasteiger partial charge in [-0.3, -0.25) is 0 Å². The van der Waals surface area contributed by atoms with Gasteiger partial charge in [0.25, 0.3) is 0 Å². The molecule has 0 aliphatic heterocycles. The van der Waals surface area contributed by atoms with Crippen LogP contribution in [0.5, 0.6) is 0 Å². The van der Waals surface area contributed by atoms with Gasteiger partial charge in [0, 0.05) is 22.3 Å². The third-order valence-electron chi connectivity index (χ3n) is 3.70. The summed E-state index contributed by atoms with van der Waals surface area (Å²) >= 11 is 6.14. The molecule has 3 rings (SSSR count). The fraction of sp³-hybridized carbons (Fsp3) is 0.235. The Morgan fingerprint density at radius 2 is 1.90 bits per heavy atom. The standard InChI is InChI=1S/C17H18ClN3/c1-10(2)21-16-9-13(18)5-7-15(16)20-17(21)12-4-6-14(19)11(3)8-12/h4-10H,19H2,1-3H3. The van der Waals surface area contributed by atoms with Crippen molar-refractivity contribution in [2.24, 2.45) is 0 Å². The van der Waals surface area contributed by atoms with Gasteiger partial charge in [0.2, 0.25) is 0 Å². The highest BCUT2D eigenvalue weighted by Crippen LogP contribution is 2.31. The summed E-state index contributed by atoms with van der Waals surface area (Å²) in [6.45, 7) is 6.31. The molecule has 21 heavy (non-hydrogen) atoms. The maximum Gasteiger partial charge on any atom is 0.141 e. The van der Waals surface area contributed by atoms with Crippen molar-refractivity contribution >= 4 is 28.3 Å². The molecule has 3 aromatic rings. The number of imidazole rings is 1. The molecule has 0 aliphatic carbocycles. The number of benzene rings is 2. The second-order valence-electron chi connectivity index (χ2n) is 5.60. The second-order valence-corrected chi connectivity index (χ2v) is 6.04. The van der Waals surface area contributed by atoms with Crippen molar-refractivity contribution in [3.63, 3.8) is 0 Å². The summed E-state index contributed by atoms with van der Waals surface area (Å²) in [6.07, 6.45) is 0. The molecule has 2 N–H and O–H groups in total. The van der Waals surface area contributed by atoms with Gasteiger partial charge in [-0.25, -0.2) is 4.98 Å². The van der Waals surface area contributed by atoms with E-state index in [1.165, 1.54) is 0 Å². The average Bonchev–Trinajstić information content (AvgIpc) is 2.80. The predicted molar refractivity (Wildman–Crippen MR) is 89.7 cm³/mol. The lowest BCUT2D eigenvalue weighted by Crippen LogP contribution is -2.03. The van der Waals surface area contributed by atoms with Gasteiger partial charge in [-0.1, -0.05) is 11.6 Å². The number of hydrogen-bond acceptors (Lipinski definition) is 2. The van der Waals surface area contributed by atoms with E-state index >= 15 is 0 Å². The first-order chi connectivity index (χ1) is 9.97. The molecule has 0 unspecified atom stereocenters. The largest absolute Gasteiger partial charge is 0.399 e. The summed E-state index contributed by atoms with van der Waals surface area (Å²) in [7, 11) is 0. The van der Waals surface area contributed by atoms with E-state index in [1.54, 1.807) is 0 Å². The Morgan fingerprint density at radius 3 is 2.57 bits per heavy atom. The van der Waals surface area contributed by atoms with Gasteiger partial charge in [0.1, 0.15) is 5.82 Å². The van der Waals surface area contributed by atoms with E-state index in [0.29, 0.717) is 6.04 Å².